The number of aliphatic hydroxyl groups is 5. The van der Waals surface area contributed by atoms with E-state index in [0.29, 0.717) is 18.4 Å². The normalized spacial score (nSPS) is 26.0. The van der Waals surface area contributed by atoms with Crippen molar-refractivity contribution in [1.82, 2.24) is 10.2 Å². The monoisotopic (exact) mass is 942 g/mol. The van der Waals surface area contributed by atoms with Crippen LogP contribution in [0.4, 0.5) is 0 Å². The maximum atomic E-state index is 14.7. The second-order valence-electron chi connectivity index (χ2n) is 18.7. The number of fused-ring (bicyclic) bond motifs is 2. The molecule has 0 bridgehead atoms. The molecule has 3 aromatic rings. The molecule has 2 aliphatic heterocycles. The van der Waals surface area contributed by atoms with E-state index in [1.54, 1.807) is 63.3 Å². The smallest absolute Gasteiger partial charge is 0.338 e. The van der Waals surface area contributed by atoms with Gasteiger partial charge in [-0.2, -0.15) is 0 Å². The fourth-order valence-corrected chi connectivity index (χ4v) is 8.93. The summed E-state index contributed by atoms with van der Waals surface area (Å²) in [6.07, 6.45) is -3.41. The Bertz CT molecular complexity index is 2270. The van der Waals surface area contributed by atoms with Crippen molar-refractivity contribution in [2.75, 3.05) is 26.9 Å². The van der Waals surface area contributed by atoms with Gasteiger partial charge in [0.1, 0.15) is 54.4 Å². The molecule has 6 N–H and O–H groups in total. The van der Waals surface area contributed by atoms with Crippen molar-refractivity contribution in [3.8, 4) is 0 Å². The Balaban J connectivity index is 1.06. The quantitative estimate of drug-likeness (QED) is 0.107. The molecule has 1 spiro atoms. The molecule has 68 heavy (non-hydrogen) atoms. The van der Waals surface area contributed by atoms with Crippen LogP contribution in [-0.4, -0.2) is 154 Å². The molecule has 2 fully saturated rings. The van der Waals surface area contributed by atoms with Crippen LogP contribution in [0.3, 0.4) is 0 Å². The third-order valence-corrected chi connectivity index (χ3v) is 12.5. The van der Waals surface area contributed by atoms with Gasteiger partial charge in [0.15, 0.2) is 12.1 Å². The van der Waals surface area contributed by atoms with E-state index in [9.17, 15) is 44.7 Å². The first kappa shape index (κ1) is 50.5. The third-order valence-electron chi connectivity index (χ3n) is 12.5. The van der Waals surface area contributed by atoms with E-state index < -0.39 is 109 Å². The summed E-state index contributed by atoms with van der Waals surface area (Å²) in [6.45, 7) is 4.19. The first-order valence-electron chi connectivity index (χ1n) is 22.9. The summed E-state index contributed by atoms with van der Waals surface area (Å²) in [6, 6.07) is 21.8. The van der Waals surface area contributed by atoms with E-state index in [1.807, 2.05) is 54.6 Å². The summed E-state index contributed by atoms with van der Waals surface area (Å²) in [5, 5.41) is 52.8. The average Bonchev–Trinajstić information content (AvgIpc) is 3.88. The van der Waals surface area contributed by atoms with Gasteiger partial charge in [-0.3, -0.25) is 14.4 Å². The maximum absolute atomic E-state index is 14.7. The number of ether oxygens (including phenoxy) is 6. The lowest BCUT2D eigenvalue weighted by molar-refractivity contribution is -0.298. The molecule has 366 valence electrons. The van der Waals surface area contributed by atoms with E-state index in [4.69, 9.17) is 28.4 Å². The lowest BCUT2D eigenvalue weighted by atomic mass is 9.90. The van der Waals surface area contributed by atoms with Crippen LogP contribution in [0.15, 0.2) is 96.6 Å². The number of benzene rings is 3. The Morgan fingerprint density at radius 1 is 0.897 bits per heavy atom. The molecule has 4 aliphatic rings. The number of hydrogen-bond acceptors (Lipinski definition) is 15. The van der Waals surface area contributed by atoms with Gasteiger partial charge in [0.05, 0.1) is 31.4 Å². The highest BCUT2D eigenvalue weighted by molar-refractivity contribution is 5.97. The van der Waals surface area contributed by atoms with E-state index in [2.05, 4.69) is 5.32 Å². The average molecular weight is 943 g/mol. The molecule has 17 heteroatoms. The first-order valence-corrected chi connectivity index (χ1v) is 22.9. The fraction of sp³-hybridized carbons (Fsp3) is 0.490. The van der Waals surface area contributed by atoms with Crippen LogP contribution in [0.2, 0.25) is 0 Å². The number of carbonyl (C=O) groups excluding carboxylic acids is 4. The van der Waals surface area contributed by atoms with Gasteiger partial charge in [0.25, 0.3) is 0 Å². The summed E-state index contributed by atoms with van der Waals surface area (Å²) >= 11 is 0. The SMILES string of the molecule is CN(C(=O)C1=C[C@H]2OC3(Cc4ccccc4C3)O[C@H]2[C@H](OC(=O)c2ccc(C=CCO[C@H]3O[C@H](CO)[C@H](O)[C@H](O)[C@H]3O)cc2)C1)[C@H](Cc1ccccc1)C(=O)N[C@H](CO)CCC(=O)OC(C)(C)C. The summed E-state index contributed by atoms with van der Waals surface area (Å²) in [4.78, 5) is 56.6. The topological polar surface area (TPSA) is 240 Å². The Morgan fingerprint density at radius 2 is 1.57 bits per heavy atom. The molecule has 0 unspecified atom stereocenters. The minimum atomic E-state index is -1.56. The molecule has 2 amide bonds. The molecule has 17 nitrogen and oxygen atoms in total. The maximum Gasteiger partial charge on any atom is 0.338 e. The zero-order chi connectivity index (χ0) is 48.8. The van der Waals surface area contributed by atoms with E-state index >= 15 is 0 Å². The van der Waals surface area contributed by atoms with E-state index in [1.165, 1.54) is 11.9 Å². The zero-order valence-corrected chi connectivity index (χ0v) is 38.6. The number of hydrogen-bond donors (Lipinski definition) is 6. The van der Waals surface area contributed by atoms with E-state index in [0.717, 1.165) is 16.7 Å². The van der Waals surface area contributed by atoms with Gasteiger partial charge < -0.3 is 64.2 Å². The standard InChI is InChI=1S/C51H62N2O15/c1-50(2,3)67-41(56)21-20-36(28-54)52-46(60)37(23-31-11-6-5-7-12-31)53(4)47(61)35-24-38(45-39(25-35)66-51(68-45)26-33-14-8-9-15-34(33)27-51)64-48(62)32-18-16-30(17-19-32)13-10-22-63-49-44(59)43(58)42(57)40(29-55)65-49/h5-19,25,36-40,42-45,49,54-55,57-59H,20-24,26-29H2,1-4H3,(H,52,60)/t36-,37+,38+,39+,40+,42-,43-,44+,45-,49-/m0/s1. The van der Waals surface area contributed by atoms with Gasteiger partial charge in [0.2, 0.25) is 11.8 Å². The van der Waals surface area contributed by atoms with Gasteiger partial charge in [-0.15, -0.1) is 0 Å². The molecule has 0 saturated carbocycles. The second kappa shape index (κ2) is 22.0. The lowest BCUT2D eigenvalue weighted by Crippen LogP contribution is -2.59. The number of likely N-dealkylation sites (N-methyl/N-ethyl adjacent to an activating group) is 1. The number of aliphatic hydroxyl groups excluding tert-OH is 5. The number of rotatable bonds is 17. The summed E-state index contributed by atoms with van der Waals surface area (Å²) in [5.74, 6) is -3.23. The number of amides is 2. The minimum absolute atomic E-state index is 0.0428. The Kier molecular flexibility index (Phi) is 16.3. The van der Waals surface area contributed by atoms with Crippen molar-refractivity contribution in [1.29, 1.82) is 0 Å². The molecular weight excluding hydrogens is 881 g/mol. The minimum Gasteiger partial charge on any atom is -0.460 e. The van der Waals surface area contributed by atoms with Crippen molar-refractivity contribution in [2.24, 2.45) is 0 Å². The van der Waals surface area contributed by atoms with Gasteiger partial charge in [0, 0.05) is 44.7 Å². The van der Waals surface area contributed by atoms with Crippen molar-refractivity contribution in [3.63, 3.8) is 0 Å². The Hall–Kier alpha value is -5.34. The second-order valence-corrected chi connectivity index (χ2v) is 18.7. The highest BCUT2D eigenvalue weighted by Gasteiger charge is 2.55. The number of carbonyl (C=O) groups is 4. The van der Waals surface area contributed by atoms with Crippen LogP contribution < -0.4 is 5.32 Å². The highest BCUT2D eigenvalue weighted by atomic mass is 16.8. The molecule has 0 aromatic heterocycles. The summed E-state index contributed by atoms with van der Waals surface area (Å²) in [7, 11) is 1.52. The third kappa shape index (κ3) is 12.3. The fourth-order valence-electron chi connectivity index (χ4n) is 8.93. The summed E-state index contributed by atoms with van der Waals surface area (Å²) < 4.78 is 35.9. The Labute approximate surface area is 395 Å². The molecule has 7 rings (SSSR count). The van der Waals surface area contributed by atoms with Gasteiger partial charge in [-0.25, -0.2) is 4.79 Å². The van der Waals surface area contributed by atoms with Crippen molar-refractivity contribution < 1.29 is 73.1 Å². The van der Waals surface area contributed by atoms with Crippen LogP contribution in [-0.2, 0) is 62.1 Å². The molecule has 2 aliphatic carbocycles. The largest absolute Gasteiger partial charge is 0.460 e. The molecule has 2 heterocycles. The predicted octanol–water partition coefficient (Wildman–Crippen LogP) is 2.32. The number of nitrogens with zero attached hydrogens (tertiary/aromatic N) is 1. The van der Waals surface area contributed by atoms with E-state index in [-0.39, 0.29) is 43.4 Å². The van der Waals surface area contributed by atoms with Crippen LogP contribution in [0.1, 0.15) is 72.6 Å². The Morgan fingerprint density at radius 3 is 2.22 bits per heavy atom. The first-order chi connectivity index (χ1) is 32.5. The van der Waals surface area contributed by atoms with Gasteiger partial charge in [-0.1, -0.05) is 78.9 Å². The van der Waals surface area contributed by atoms with Gasteiger partial charge in [-0.05, 0) is 67.7 Å². The molecule has 0 radical (unpaired) electrons. The van der Waals surface area contributed by atoms with Crippen molar-refractivity contribution in [2.45, 2.75) is 132 Å². The molecule has 2 saturated heterocycles. The zero-order valence-electron chi connectivity index (χ0n) is 38.6. The number of esters is 2. The number of nitrogens with one attached hydrogen (secondary N) is 1. The highest BCUT2D eigenvalue weighted by Crippen LogP contribution is 2.45. The van der Waals surface area contributed by atoms with Crippen LogP contribution in [0.25, 0.3) is 6.08 Å². The lowest BCUT2D eigenvalue weighted by Gasteiger charge is -2.39. The molecule has 3 aromatic carbocycles. The van der Waals surface area contributed by atoms with Crippen LogP contribution in [0, 0.1) is 0 Å². The van der Waals surface area contributed by atoms with Crippen LogP contribution >= 0.6 is 0 Å². The van der Waals surface area contributed by atoms with Crippen molar-refractivity contribution >= 4 is 29.8 Å². The van der Waals surface area contributed by atoms with Crippen LogP contribution in [0.5, 0.6) is 0 Å². The van der Waals surface area contributed by atoms with Gasteiger partial charge >= 0.3 is 11.9 Å². The predicted molar refractivity (Wildman–Crippen MR) is 244 cm³/mol. The van der Waals surface area contributed by atoms with Crippen molar-refractivity contribution in [3.05, 3.63) is 124 Å². The molecule has 10 atom stereocenters. The molecular formula is C51H62N2O15. The summed E-state index contributed by atoms with van der Waals surface area (Å²) in [5.41, 5.74) is 3.38.